The van der Waals surface area contributed by atoms with Crippen LogP contribution in [0.4, 0.5) is 0 Å². The first-order valence-electron chi connectivity index (χ1n) is 6.26. The van der Waals surface area contributed by atoms with Gasteiger partial charge in [0.2, 0.25) is 0 Å². The largest absolute Gasteiger partial charge is 0.457 e. The summed E-state index contributed by atoms with van der Waals surface area (Å²) in [5.74, 6) is 0.453. The standard InChI is InChI=1S/C15H16O2/c16-15-13-9-5-4-8-12(13)10-14(17-15)11-6-2-1-3-7-11/h1-4,6-8,12-14H,5,9-10H2/t12-,13-,14-/m1/s1. The average Bonchev–Trinajstić information content (AvgIpc) is 2.40. The van der Waals surface area contributed by atoms with Crippen LogP contribution in [-0.2, 0) is 9.53 Å². The predicted octanol–water partition coefficient (Wildman–Crippen LogP) is 3.26. The first-order valence-corrected chi connectivity index (χ1v) is 6.26. The Morgan fingerprint density at radius 2 is 2.00 bits per heavy atom. The number of carbonyl (C=O) groups is 1. The van der Waals surface area contributed by atoms with Gasteiger partial charge in [0.25, 0.3) is 0 Å². The van der Waals surface area contributed by atoms with E-state index < -0.39 is 0 Å². The van der Waals surface area contributed by atoms with Crippen LogP contribution in [0.15, 0.2) is 42.5 Å². The molecule has 0 N–H and O–H groups in total. The number of fused-ring (bicyclic) bond motifs is 1. The normalized spacial score (nSPS) is 31.8. The van der Waals surface area contributed by atoms with Crippen LogP contribution in [0.25, 0.3) is 0 Å². The molecule has 0 radical (unpaired) electrons. The molecule has 0 bridgehead atoms. The summed E-state index contributed by atoms with van der Waals surface area (Å²) >= 11 is 0. The van der Waals surface area contributed by atoms with E-state index in [0.717, 1.165) is 24.8 Å². The minimum absolute atomic E-state index is 0.0144. The van der Waals surface area contributed by atoms with Crippen molar-refractivity contribution < 1.29 is 9.53 Å². The van der Waals surface area contributed by atoms with Crippen molar-refractivity contribution in [1.82, 2.24) is 0 Å². The Kier molecular flexibility index (Phi) is 2.71. The molecule has 1 aliphatic carbocycles. The first kappa shape index (κ1) is 10.6. The molecule has 1 aliphatic heterocycles. The predicted molar refractivity (Wildman–Crippen MR) is 65.2 cm³/mol. The van der Waals surface area contributed by atoms with Gasteiger partial charge in [0, 0.05) is 0 Å². The highest BCUT2D eigenvalue weighted by molar-refractivity contribution is 5.74. The van der Waals surface area contributed by atoms with Crippen LogP contribution in [0.3, 0.4) is 0 Å². The van der Waals surface area contributed by atoms with Gasteiger partial charge in [-0.05, 0) is 30.7 Å². The van der Waals surface area contributed by atoms with Gasteiger partial charge in [0.05, 0.1) is 5.92 Å². The molecule has 88 valence electrons. The minimum atomic E-state index is -0.0623. The second-order valence-electron chi connectivity index (χ2n) is 4.85. The third-order valence-electron chi connectivity index (χ3n) is 3.76. The van der Waals surface area contributed by atoms with Gasteiger partial charge in [-0.3, -0.25) is 4.79 Å². The topological polar surface area (TPSA) is 26.3 Å². The van der Waals surface area contributed by atoms with Gasteiger partial charge in [0.15, 0.2) is 0 Å². The van der Waals surface area contributed by atoms with Gasteiger partial charge in [-0.1, -0.05) is 42.5 Å². The summed E-state index contributed by atoms with van der Waals surface area (Å²) in [5.41, 5.74) is 1.11. The number of benzene rings is 1. The maximum atomic E-state index is 12.0. The fraction of sp³-hybridized carbons (Fsp3) is 0.400. The van der Waals surface area contributed by atoms with Crippen molar-refractivity contribution in [2.75, 3.05) is 0 Å². The Morgan fingerprint density at radius 3 is 2.82 bits per heavy atom. The second kappa shape index (κ2) is 4.36. The van der Waals surface area contributed by atoms with Crippen LogP contribution in [-0.4, -0.2) is 5.97 Å². The zero-order chi connectivity index (χ0) is 11.7. The monoisotopic (exact) mass is 228 g/mol. The summed E-state index contributed by atoms with van der Waals surface area (Å²) in [6.07, 6.45) is 7.21. The van der Waals surface area contributed by atoms with Gasteiger partial charge in [-0.25, -0.2) is 0 Å². The lowest BCUT2D eigenvalue weighted by Gasteiger charge is -2.35. The van der Waals surface area contributed by atoms with Crippen molar-refractivity contribution in [3.8, 4) is 0 Å². The fourth-order valence-corrected chi connectivity index (χ4v) is 2.83. The van der Waals surface area contributed by atoms with Gasteiger partial charge >= 0.3 is 5.97 Å². The zero-order valence-electron chi connectivity index (χ0n) is 9.71. The molecule has 2 nitrogen and oxygen atoms in total. The van der Waals surface area contributed by atoms with Crippen LogP contribution in [0.5, 0.6) is 0 Å². The average molecular weight is 228 g/mol. The molecule has 1 aromatic rings. The summed E-state index contributed by atoms with van der Waals surface area (Å²) in [4.78, 5) is 12.0. The Hall–Kier alpha value is -1.57. The number of carbonyl (C=O) groups excluding carboxylic acids is 1. The molecule has 3 rings (SSSR count). The Morgan fingerprint density at radius 1 is 1.18 bits per heavy atom. The molecule has 17 heavy (non-hydrogen) atoms. The summed E-state index contributed by atoms with van der Waals surface area (Å²) in [5, 5.41) is 0. The molecular formula is C15H16O2. The molecule has 1 heterocycles. The SMILES string of the molecule is O=C1O[C@@H](c2ccccc2)C[C@H]2C=CCC[C@@H]12. The van der Waals surface area contributed by atoms with Crippen molar-refractivity contribution in [1.29, 1.82) is 0 Å². The maximum Gasteiger partial charge on any atom is 0.310 e. The van der Waals surface area contributed by atoms with E-state index in [9.17, 15) is 4.79 Å². The van der Waals surface area contributed by atoms with E-state index in [1.165, 1.54) is 0 Å². The van der Waals surface area contributed by atoms with Gasteiger partial charge in [-0.15, -0.1) is 0 Å². The van der Waals surface area contributed by atoms with E-state index in [0.29, 0.717) is 5.92 Å². The van der Waals surface area contributed by atoms with Crippen LogP contribution >= 0.6 is 0 Å². The molecule has 1 fully saturated rings. The third kappa shape index (κ3) is 1.99. The molecule has 1 saturated heterocycles. The number of rotatable bonds is 1. The van der Waals surface area contributed by atoms with Crippen molar-refractivity contribution in [2.24, 2.45) is 11.8 Å². The summed E-state index contributed by atoms with van der Waals surface area (Å²) < 4.78 is 5.57. The van der Waals surface area contributed by atoms with Crippen molar-refractivity contribution in [3.63, 3.8) is 0 Å². The lowest BCUT2D eigenvalue weighted by molar-refractivity contribution is -0.164. The highest BCUT2D eigenvalue weighted by atomic mass is 16.5. The molecule has 0 saturated carbocycles. The molecule has 0 amide bonds. The molecule has 0 spiro atoms. The summed E-state index contributed by atoms with van der Waals surface area (Å²) in [7, 11) is 0. The molecular weight excluding hydrogens is 212 g/mol. The Labute approximate surface area is 101 Å². The summed E-state index contributed by atoms with van der Waals surface area (Å²) in [6, 6.07) is 10.0. The van der Waals surface area contributed by atoms with Crippen LogP contribution in [0.2, 0.25) is 0 Å². The first-order chi connectivity index (χ1) is 8.34. The van der Waals surface area contributed by atoms with E-state index in [-0.39, 0.29) is 18.0 Å². The van der Waals surface area contributed by atoms with Crippen LogP contribution in [0.1, 0.15) is 30.9 Å². The molecule has 0 aromatic heterocycles. The van der Waals surface area contributed by atoms with Crippen molar-refractivity contribution in [2.45, 2.75) is 25.4 Å². The number of allylic oxidation sites excluding steroid dienone is 2. The van der Waals surface area contributed by atoms with Gasteiger partial charge in [-0.2, -0.15) is 0 Å². The highest BCUT2D eigenvalue weighted by Crippen LogP contribution is 2.40. The number of hydrogen-bond acceptors (Lipinski definition) is 2. The van der Waals surface area contributed by atoms with E-state index in [4.69, 9.17) is 4.74 Å². The van der Waals surface area contributed by atoms with Crippen molar-refractivity contribution >= 4 is 5.97 Å². The smallest absolute Gasteiger partial charge is 0.310 e. The molecule has 3 atom stereocenters. The molecule has 2 aliphatic rings. The second-order valence-corrected chi connectivity index (χ2v) is 4.85. The number of cyclic esters (lactones) is 1. The number of esters is 1. The fourth-order valence-electron chi connectivity index (χ4n) is 2.83. The van der Waals surface area contributed by atoms with Gasteiger partial charge < -0.3 is 4.74 Å². The van der Waals surface area contributed by atoms with Gasteiger partial charge in [0.1, 0.15) is 6.10 Å². The maximum absolute atomic E-state index is 12.0. The highest BCUT2D eigenvalue weighted by Gasteiger charge is 2.38. The minimum Gasteiger partial charge on any atom is -0.457 e. The third-order valence-corrected chi connectivity index (χ3v) is 3.76. The Balaban J connectivity index is 1.83. The molecule has 1 aromatic carbocycles. The zero-order valence-corrected chi connectivity index (χ0v) is 9.71. The number of ether oxygens (including phenoxy) is 1. The van der Waals surface area contributed by atoms with E-state index in [1.54, 1.807) is 0 Å². The molecule has 2 heteroatoms. The quantitative estimate of drug-likeness (QED) is 0.544. The number of hydrogen-bond donors (Lipinski definition) is 0. The van der Waals surface area contributed by atoms with Crippen LogP contribution in [0, 0.1) is 11.8 Å². The van der Waals surface area contributed by atoms with E-state index >= 15 is 0 Å². The summed E-state index contributed by atoms with van der Waals surface area (Å²) in [6.45, 7) is 0. The van der Waals surface area contributed by atoms with Crippen molar-refractivity contribution in [3.05, 3.63) is 48.0 Å². The lowest BCUT2D eigenvalue weighted by atomic mass is 9.78. The molecule has 0 unspecified atom stereocenters. The lowest BCUT2D eigenvalue weighted by Crippen LogP contribution is -2.34. The Bertz CT molecular complexity index is 435. The van der Waals surface area contributed by atoms with E-state index in [2.05, 4.69) is 12.2 Å². The van der Waals surface area contributed by atoms with Crippen LogP contribution < -0.4 is 0 Å². The van der Waals surface area contributed by atoms with E-state index in [1.807, 2.05) is 30.3 Å².